The third-order valence-corrected chi connectivity index (χ3v) is 3.69. The maximum absolute atomic E-state index is 6.26. The number of hydrogen-bond donors (Lipinski definition) is 1. The van der Waals surface area contributed by atoms with Crippen molar-refractivity contribution in [2.45, 2.75) is 30.9 Å². The summed E-state index contributed by atoms with van der Waals surface area (Å²) in [6.45, 7) is 1.43. The Balaban J connectivity index is 1.88. The summed E-state index contributed by atoms with van der Waals surface area (Å²) in [5, 5.41) is 0. The van der Waals surface area contributed by atoms with Gasteiger partial charge in [0.25, 0.3) is 0 Å². The van der Waals surface area contributed by atoms with Crippen LogP contribution >= 0.6 is 0 Å². The third-order valence-electron chi connectivity index (χ3n) is 3.69. The number of rotatable bonds is 4. The maximum atomic E-state index is 6.26. The Kier molecular flexibility index (Phi) is 2.92. The Labute approximate surface area is 107 Å². The number of nitrogens with two attached hydrogens (primary N) is 1. The van der Waals surface area contributed by atoms with Crippen molar-refractivity contribution in [2.24, 2.45) is 5.73 Å². The van der Waals surface area contributed by atoms with E-state index in [-0.39, 0.29) is 11.6 Å². The summed E-state index contributed by atoms with van der Waals surface area (Å²) in [7, 11) is 1.67. The second kappa shape index (κ2) is 4.44. The minimum Gasteiger partial charge on any atom is -0.493 e. The first kappa shape index (κ1) is 11.8. The highest BCUT2D eigenvalue weighted by Gasteiger charge is 2.43. The van der Waals surface area contributed by atoms with Crippen molar-refractivity contribution in [1.29, 1.82) is 0 Å². The normalized spacial score (nSPS) is 24.9. The predicted octanol–water partition coefficient (Wildman–Crippen LogP) is 1.81. The monoisotopic (exact) mass is 249 g/mol. The molecule has 18 heavy (non-hydrogen) atoms. The lowest BCUT2D eigenvalue weighted by atomic mass is 10.0. The van der Waals surface area contributed by atoms with Crippen LogP contribution in [-0.4, -0.2) is 26.4 Å². The van der Waals surface area contributed by atoms with Gasteiger partial charge in [0, 0.05) is 17.5 Å². The summed E-state index contributed by atoms with van der Waals surface area (Å²) in [6.07, 6.45) is 3.09. The largest absolute Gasteiger partial charge is 0.493 e. The molecule has 1 saturated heterocycles. The number of methoxy groups -OCH3 is 1. The SMILES string of the molecule is COc1c(OC2CCOC2)cccc1C1(N)CC1. The molecule has 2 N–H and O–H groups in total. The fourth-order valence-corrected chi connectivity index (χ4v) is 2.40. The molecule has 1 aliphatic heterocycles. The van der Waals surface area contributed by atoms with Crippen molar-refractivity contribution in [1.82, 2.24) is 0 Å². The molecule has 0 aromatic heterocycles. The first-order chi connectivity index (χ1) is 8.73. The standard InChI is InChI=1S/C14H19NO3/c1-16-13-11(14(15)6-7-14)3-2-4-12(13)18-10-5-8-17-9-10/h2-4,10H,5-9,15H2,1H3. The summed E-state index contributed by atoms with van der Waals surface area (Å²) in [5.41, 5.74) is 7.11. The Morgan fingerprint density at radius 1 is 1.39 bits per heavy atom. The van der Waals surface area contributed by atoms with Crippen molar-refractivity contribution in [2.75, 3.05) is 20.3 Å². The van der Waals surface area contributed by atoms with Crippen LogP contribution in [0, 0.1) is 0 Å². The summed E-state index contributed by atoms with van der Waals surface area (Å²) in [4.78, 5) is 0. The van der Waals surface area contributed by atoms with E-state index in [9.17, 15) is 0 Å². The lowest BCUT2D eigenvalue weighted by molar-refractivity contribution is 0.138. The number of benzene rings is 1. The highest BCUT2D eigenvalue weighted by Crippen LogP contribution is 2.49. The molecule has 98 valence electrons. The predicted molar refractivity (Wildman–Crippen MR) is 67.9 cm³/mol. The molecule has 2 aliphatic rings. The molecule has 1 heterocycles. The van der Waals surface area contributed by atoms with Crippen LogP contribution in [0.15, 0.2) is 18.2 Å². The van der Waals surface area contributed by atoms with E-state index >= 15 is 0 Å². The third kappa shape index (κ3) is 2.06. The van der Waals surface area contributed by atoms with Crippen LogP contribution in [0.2, 0.25) is 0 Å². The smallest absolute Gasteiger partial charge is 0.165 e. The van der Waals surface area contributed by atoms with E-state index in [0.29, 0.717) is 6.61 Å². The Bertz CT molecular complexity index is 437. The minimum absolute atomic E-state index is 0.127. The minimum atomic E-state index is -0.211. The van der Waals surface area contributed by atoms with Crippen LogP contribution in [0.1, 0.15) is 24.8 Å². The molecule has 0 bridgehead atoms. The molecule has 0 amide bonds. The van der Waals surface area contributed by atoms with E-state index in [2.05, 4.69) is 0 Å². The Hall–Kier alpha value is -1.26. The van der Waals surface area contributed by atoms with Gasteiger partial charge in [0.05, 0.1) is 20.3 Å². The summed E-state index contributed by atoms with van der Waals surface area (Å²) in [5.74, 6) is 1.56. The fraction of sp³-hybridized carbons (Fsp3) is 0.571. The lowest BCUT2D eigenvalue weighted by Gasteiger charge is -2.20. The molecule has 1 atom stereocenters. The molecule has 1 aromatic rings. The van der Waals surface area contributed by atoms with Crippen LogP contribution < -0.4 is 15.2 Å². The van der Waals surface area contributed by atoms with Crippen LogP contribution in [0.25, 0.3) is 0 Å². The highest BCUT2D eigenvalue weighted by atomic mass is 16.6. The zero-order valence-electron chi connectivity index (χ0n) is 10.6. The zero-order valence-corrected chi connectivity index (χ0v) is 10.6. The van der Waals surface area contributed by atoms with Gasteiger partial charge in [-0.3, -0.25) is 0 Å². The second-order valence-electron chi connectivity index (χ2n) is 5.10. The van der Waals surface area contributed by atoms with E-state index in [0.717, 1.165) is 42.9 Å². The summed E-state index contributed by atoms with van der Waals surface area (Å²) in [6, 6.07) is 5.95. The molecule has 1 unspecified atom stereocenters. The first-order valence-corrected chi connectivity index (χ1v) is 6.44. The van der Waals surface area contributed by atoms with Gasteiger partial charge in [-0.25, -0.2) is 0 Å². The van der Waals surface area contributed by atoms with Gasteiger partial charge >= 0.3 is 0 Å². The molecule has 0 radical (unpaired) electrons. The van der Waals surface area contributed by atoms with E-state index in [1.54, 1.807) is 7.11 Å². The maximum Gasteiger partial charge on any atom is 0.165 e. The average Bonchev–Trinajstić information content (AvgIpc) is 2.92. The number of ether oxygens (including phenoxy) is 3. The number of hydrogen-bond acceptors (Lipinski definition) is 4. The molecule has 0 spiro atoms. The zero-order chi connectivity index (χ0) is 12.6. The van der Waals surface area contributed by atoms with Crippen molar-refractivity contribution >= 4 is 0 Å². The van der Waals surface area contributed by atoms with Gasteiger partial charge in [-0.15, -0.1) is 0 Å². The first-order valence-electron chi connectivity index (χ1n) is 6.44. The van der Waals surface area contributed by atoms with Crippen molar-refractivity contribution in [3.05, 3.63) is 23.8 Å². The second-order valence-corrected chi connectivity index (χ2v) is 5.10. The highest BCUT2D eigenvalue weighted by molar-refractivity contribution is 5.51. The van der Waals surface area contributed by atoms with Gasteiger partial charge in [-0.05, 0) is 18.9 Å². The van der Waals surface area contributed by atoms with Crippen molar-refractivity contribution in [3.63, 3.8) is 0 Å². The van der Waals surface area contributed by atoms with Gasteiger partial charge in [-0.1, -0.05) is 12.1 Å². The fourth-order valence-electron chi connectivity index (χ4n) is 2.40. The Morgan fingerprint density at radius 2 is 2.22 bits per heavy atom. The topological polar surface area (TPSA) is 53.7 Å². The van der Waals surface area contributed by atoms with Crippen molar-refractivity contribution < 1.29 is 14.2 Å². The summed E-state index contributed by atoms with van der Waals surface area (Å²) >= 11 is 0. The molecule has 4 heteroatoms. The molecule has 2 fully saturated rings. The average molecular weight is 249 g/mol. The van der Waals surface area contributed by atoms with Gasteiger partial charge in [0.15, 0.2) is 11.5 Å². The van der Waals surface area contributed by atoms with Gasteiger partial charge in [0.1, 0.15) is 6.10 Å². The van der Waals surface area contributed by atoms with Crippen molar-refractivity contribution in [3.8, 4) is 11.5 Å². The molecule has 1 aliphatic carbocycles. The van der Waals surface area contributed by atoms with Crippen LogP contribution in [0.5, 0.6) is 11.5 Å². The van der Waals surface area contributed by atoms with Gasteiger partial charge in [-0.2, -0.15) is 0 Å². The lowest BCUT2D eigenvalue weighted by Crippen LogP contribution is -2.21. The summed E-state index contributed by atoms with van der Waals surface area (Å²) < 4.78 is 16.8. The van der Waals surface area contributed by atoms with E-state index in [1.165, 1.54) is 0 Å². The van der Waals surface area contributed by atoms with Crippen LogP contribution in [0.3, 0.4) is 0 Å². The molecular weight excluding hydrogens is 230 g/mol. The quantitative estimate of drug-likeness (QED) is 0.884. The molecule has 3 rings (SSSR count). The van der Waals surface area contributed by atoms with Gasteiger partial charge in [0.2, 0.25) is 0 Å². The van der Waals surface area contributed by atoms with Crippen LogP contribution in [0.4, 0.5) is 0 Å². The molecular formula is C14H19NO3. The number of para-hydroxylation sites is 1. The van der Waals surface area contributed by atoms with Gasteiger partial charge < -0.3 is 19.9 Å². The molecule has 1 saturated carbocycles. The molecule has 4 nitrogen and oxygen atoms in total. The van der Waals surface area contributed by atoms with E-state index in [4.69, 9.17) is 19.9 Å². The Morgan fingerprint density at radius 3 is 2.83 bits per heavy atom. The van der Waals surface area contributed by atoms with Crippen LogP contribution in [-0.2, 0) is 10.3 Å². The van der Waals surface area contributed by atoms with E-state index < -0.39 is 0 Å². The molecule has 1 aromatic carbocycles. The van der Waals surface area contributed by atoms with E-state index in [1.807, 2.05) is 18.2 Å².